The van der Waals surface area contributed by atoms with E-state index < -0.39 is 0 Å². The molecule has 1 aromatic carbocycles. The molecule has 0 N–H and O–H groups in total. The van der Waals surface area contributed by atoms with Crippen LogP contribution in [0.15, 0.2) is 34.7 Å². The van der Waals surface area contributed by atoms with E-state index in [0.29, 0.717) is 24.9 Å². The smallest absolute Gasteiger partial charge is 0.289 e. The molecule has 0 bridgehead atoms. The number of nitrogens with zero attached hydrogens (tertiary/aromatic N) is 1. The second-order valence-electron chi connectivity index (χ2n) is 5.95. The average Bonchev–Trinajstić information content (AvgIpc) is 3.03. The van der Waals surface area contributed by atoms with Gasteiger partial charge in [0.25, 0.3) is 5.91 Å². The molecule has 1 fully saturated rings. The number of likely N-dealkylation sites (tertiary alicyclic amines) is 1. The molecule has 0 spiro atoms. The van der Waals surface area contributed by atoms with E-state index in [1.54, 1.807) is 7.11 Å². The molecule has 1 saturated heterocycles. The van der Waals surface area contributed by atoms with Crippen molar-refractivity contribution in [2.24, 2.45) is 5.92 Å². The molecular weight excluding hydrogens is 294 g/mol. The predicted molar refractivity (Wildman–Crippen MR) is 87.5 cm³/mol. The number of carbonyl (C=O) groups is 1. The van der Waals surface area contributed by atoms with Crippen molar-refractivity contribution in [1.82, 2.24) is 4.90 Å². The summed E-state index contributed by atoms with van der Waals surface area (Å²) in [6.07, 6.45) is 1.94. The van der Waals surface area contributed by atoms with Gasteiger partial charge in [-0.1, -0.05) is 18.2 Å². The molecule has 0 aliphatic carbocycles. The largest absolute Gasteiger partial charge is 0.451 e. The summed E-state index contributed by atoms with van der Waals surface area (Å²) in [6.45, 7) is 3.52. The molecule has 0 radical (unpaired) electrons. The maximum atomic E-state index is 12.6. The maximum absolute atomic E-state index is 12.6. The molecule has 0 unspecified atom stereocenters. The van der Waals surface area contributed by atoms with Gasteiger partial charge in [-0.15, -0.1) is 0 Å². The Labute approximate surface area is 136 Å². The molecule has 2 heterocycles. The summed E-state index contributed by atoms with van der Waals surface area (Å²) < 4.78 is 16.2. The third kappa shape index (κ3) is 3.92. The Bertz CT molecular complexity index is 610. The topological polar surface area (TPSA) is 51.9 Å². The Morgan fingerprint density at radius 2 is 2.04 bits per heavy atom. The zero-order valence-electron chi connectivity index (χ0n) is 13.5. The van der Waals surface area contributed by atoms with Crippen molar-refractivity contribution in [3.63, 3.8) is 0 Å². The first kappa shape index (κ1) is 16.0. The molecule has 1 aliphatic rings. The van der Waals surface area contributed by atoms with Crippen molar-refractivity contribution in [3.8, 4) is 0 Å². The number of ether oxygens (including phenoxy) is 2. The van der Waals surface area contributed by atoms with E-state index in [9.17, 15) is 4.79 Å². The van der Waals surface area contributed by atoms with E-state index in [1.807, 2.05) is 35.2 Å². The van der Waals surface area contributed by atoms with Gasteiger partial charge >= 0.3 is 0 Å². The van der Waals surface area contributed by atoms with Crippen LogP contribution in [0.25, 0.3) is 11.0 Å². The minimum atomic E-state index is -0.0139. The zero-order chi connectivity index (χ0) is 16.1. The van der Waals surface area contributed by atoms with Crippen molar-refractivity contribution in [2.45, 2.75) is 12.8 Å². The summed E-state index contributed by atoms with van der Waals surface area (Å²) >= 11 is 0. The van der Waals surface area contributed by atoms with Crippen LogP contribution >= 0.6 is 0 Å². The summed E-state index contributed by atoms with van der Waals surface area (Å²) in [4.78, 5) is 14.4. The third-order valence-electron chi connectivity index (χ3n) is 4.32. The lowest BCUT2D eigenvalue weighted by molar-refractivity contribution is 0.0320. The Morgan fingerprint density at radius 1 is 1.26 bits per heavy atom. The first-order valence-corrected chi connectivity index (χ1v) is 8.12. The quantitative estimate of drug-likeness (QED) is 0.769. The molecule has 0 saturated carbocycles. The van der Waals surface area contributed by atoms with E-state index >= 15 is 0 Å². The van der Waals surface area contributed by atoms with Crippen molar-refractivity contribution >= 4 is 16.9 Å². The fourth-order valence-corrected chi connectivity index (χ4v) is 2.94. The van der Waals surface area contributed by atoms with Gasteiger partial charge in [0, 0.05) is 32.2 Å². The van der Waals surface area contributed by atoms with Gasteiger partial charge in [0.15, 0.2) is 5.76 Å². The van der Waals surface area contributed by atoms with Crippen LogP contribution in [-0.2, 0) is 9.47 Å². The molecule has 5 nitrogen and oxygen atoms in total. The van der Waals surface area contributed by atoms with E-state index in [0.717, 1.165) is 43.5 Å². The Balaban J connectivity index is 1.52. The van der Waals surface area contributed by atoms with Crippen LogP contribution in [0.5, 0.6) is 0 Å². The highest BCUT2D eigenvalue weighted by molar-refractivity contribution is 5.96. The van der Waals surface area contributed by atoms with Gasteiger partial charge in [0.2, 0.25) is 0 Å². The van der Waals surface area contributed by atoms with E-state index in [1.165, 1.54) is 0 Å². The van der Waals surface area contributed by atoms with Crippen LogP contribution < -0.4 is 0 Å². The molecule has 1 aliphatic heterocycles. The van der Waals surface area contributed by atoms with Crippen molar-refractivity contribution in [3.05, 3.63) is 36.1 Å². The number of piperidine rings is 1. The summed E-state index contributed by atoms with van der Waals surface area (Å²) in [5.41, 5.74) is 0.761. The van der Waals surface area contributed by atoms with Gasteiger partial charge in [-0.05, 0) is 30.9 Å². The lowest BCUT2D eigenvalue weighted by Crippen LogP contribution is -2.39. The van der Waals surface area contributed by atoms with Crippen LogP contribution in [0.3, 0.4) is 0 Å². The third-order valence-corrected chi connectivity index (χ3v) is 4.32. The number of hydrogen-bond acceptors (Lipinski definition) is 4. The standard InChI is InChI=1S/C18H23NO4/c1-21-10-11-22-13-14-6-8-19(9-7-14)18(20)17-12-15-4-2-3-5-16(15)23-17/h2-5,12,14H,6-11,13H2,1H3. The second kappa shape index (κ2) is 7.62. The lowest BCUT2D eigenvalue weighted by atomic mass is 9.97. The number of hydrogen-bond donors (Lipinski definition) is 0. The summed E-state index contributed by atoms with van der Waals surface area (Å²) in [7, 11) is 1.67. The summed E-state index contributed by atoms with van der Waals surface area (Å²) in [5.74, 6) is 0.938. The zero-order valence-corrected chi connectivity index (χ0v) is 13.5. The predicted octanol–water partition coefficient (Wildman–Crippen LogP) is 2.95. The van der Waals surface area contributed by atoms with Gasteiger partial charge in [0.1, 0.15) is 5.58 Å². The van der Waals surface area contributed by atoms with Crippen LogP contribution in [-0.4, -0.2) is 50.8 Å². The number of benzene rings is 1. The summed E-state index contributed by atoms with van der Waals surface area (Å²) in [5, 5.41) is 0.970. The number of furan rings is 1. The van der Waals surface area contributed by atoms with E-state index in [2.05, 4.69) is 0 Å². The first-order valence-electron chi connectivity index (χ1n) is 8.12. The number of amides is 1. The Kier molecular flexibility index (Phi) is 5.31. The van der Waals surface area contributed by atoms with Crippen LogP contribution in [0.2, 0.25) is 0 Å². The maximum Gasteiger partial charge on any atom is 0.289 e. The van der Waals surface area contributed by atoms with Gasteiger partial charge in [0.05, 0.1) is 13.2 Å². The SMILES string of the molecule is COCCOCC1CCN(C(=O)c2cc3ccccc3o2)CC1. The molecule has 5 heteroatoms. The average molecular weight is 317 g/mol. The molecule has 124 valence electrons. The highest BCUT2D eigenvalue weighted by atomic mass is 16.5. The number of para-hydroxylation sites is 1. The summed E-state index contributed by atoms with van der Waals surface area (Å²) in [6, 6.07) is 9.53. The normalized spacial score (nSPS) is 16.1. The lowest BCUT2D eigenvalue weighted by Gasteiger charge is -2.31. The molecule has 0 atom stereocenters. The van der Waals surface area contributed by atoms with Gasteiger partial charge in [-0.3, -0.25) is 4.79 Å². The van der Waals surface area contributed by atoms with Crippen LogP contribution in [0.4, 0.5) is 0 Å². The molecule has 23 heavy (non-hydrogen) atoms. The van der Waals surface area contributed by atoms with Gasteiger partial charge in [-0.2, -0.15) is 0 Å². The number of carbonyl (C=O) groups excluding carboxylic acids is 1. The van der Waals surface area contributed by atoms with Crippen LogP contribution in [0, 0.1) is 5.92 Å². The fraction of sp³-hybridized carbons (Fsp3) is 0.500. The molecule has 1 aromatic heterocycles. The van der Waals surface area contributed by atoms with E-state index in [-0.39, 0.29) is 5.91 Å². The molecule has 1 amide bonds. The minimum absolute atomic E-state index is 0.0139. The number of methoxy groups -OCH3 is 1. The van der Waals surface area contributed by atoms with Crippen LogP contribution in [0.1, 0.15) is 23.4 Å². The van der Waals surface area contributed by atoms with Crippen molar-refractivity contribution in [2.75, 3.05) is 40.0 Å². The van der Waals surface area contributed by atoms with Crippen molar-refractivity contribution in [1.29, 1.82) is 0 Å². The van der Waals surface area contributed by atoms with Gasteiger partial charge < -0.3 is 18.8 Å². The second-order valence-corrected chi connectivity index (χ2v) is 5.95. The monoisotopic (exact) mass is 317 g/mol. The highest BCUT2D eigenvalue weighted by Crippen LogP contribution is 2.23. The Morgan fingerprint density at radius 3 is 2.78 bits per heavy atom. The molecule has 3 rings (SSSR count). The van der Waals surface area contributed by atoms with E-state index in [4.69, 9.17) is 13.9 Å². The fourth-order valence-electron chi connectivity index (χ4n) is 2.94. The highest BCUT2D eigenvalue weighted by Gasteiger charge is 2.25. The minimum Gasteiger partial charge on any atom is -0.451 e. The van der Waals surface area contributed by atoms with Crippen molar-refractivity contribution < 1.29 is 18.7 Å². The number of fused-ring (bicyclic) bond motifs is 1. The number of rotatable bonds is 6. The van der Waals surface area contributed by atoms with Gasteiger partial charge in [-0.25, -0.2) is 0 Å². The molecule has 2 aromatic rings. The Hall–Kier alpha value is -1.85. The molecular formula is C18H23NO4. The first-order chi connectivity index (χ1) is 11.3.